The summed E-state index contributed by atoms with van der Waals surface area (Å²) < 4.78 is 0. The molecule has 0 aliphatic carbocycles. The fourth-order valence-electron chi connectivity index (χ4n) is 1.48. The molecule has 0 aliphatic heterocycles. The zero-order valence-electron chi connectivity index (χ0n) is 10.9. The van der Waals surface area contributed by atoms with Crippen molar-refractivity contribution in [2.45, 2.75) is 38.1 Å². The molecule has 0 heterocycles. The Bertz CT molecular complexity index is 292. The van der Waals surface area contributed by atoms with Crippen LogP contribution in [0.5, 0.6) is 0 Å². The highest BCUT2D eigenvalue weighted by Gasteiger charge is 2.03. The molecule has 0 unspecified atom stereocenters. The number of thioether (sulfide) groups is 1. The Kier molecular flexibility index (Phi) is 5.93. The zero-order chi connectivity index (χ0) is 12.0. The zero-order valence-corrected chi connectivity index (χ0v) is 11.7. The van der Waals surface area contributed by atoms with Crippen LogP contribution in [0.4, 0.5) is 0 Å². The van der Waals surface area contributed by atoms with Crippen LogP contribution in [-0.2, 0) is 6.42 Å². The molecule has 0 saturated heterocycles. The molecule has 0 saturated carbocycles. The first-order valence-corrected chi connectivity index (χ1v) is 7.04. The van der Waals surface area contributed by atoms with Gasteiger partial charge in [0.15, 0.2) is 0 Å². The lowest BCUT2D eigenvalue weighted by molar-refractivity contribution is 0.277. The molecule has 0 amide bonds. The molecule has 0 fully saturated rings. The van der Waals surface area contributed by atoms with Crippen molar-refractivity contribution in [3.05, 3.63) is 29.8 Å². The summed E-state index contributed by atoms with van der Waals surface area (Å²) in [5, 5.41) is 0. The highest BCUT2D eigenvalue weighted by molar-refractivity contribution is 7.99. The highest BCUT2D eigenvalue weighted by Crippen LogP contribution is 2.17. The lowest BCUT2D eigenvalue weighted by Gasteiger charge is -2.20. The van der Waals surface area contributed by atoms with Crippen LogP contribution in [-0.4, -0.2) is 30.3 Å². The summed E-state index contributed by atoms with van der Waals surface area (Å²) in [6.07, 6.45) is 1.14. The first kappa shape index (κ1) is 13.6. The van der Waals surface area contributed by atoms with Crippen molar-refractivity contribution in [2.24, 2.45) is 0 Å². The van der Waals surface area contributed by atoms with Gasteiger partial charge < -0.3 is 4.90 Å². The van der Waals surface area contributed by atoms with E-state index in [1.807, 2.05) is 11.8 Å². The fourth-order valence-corrected chi connectivity index (χ4v) is 2.14. The normalized spacial score (nSPS) is 11.4. The molecule has 0 bridgehead atoms. The van der Waals surface area contributed by atoms with Crippen LogP contribution < -0.4 is 0 Å². The Labute approximate surface area is 104 Å². The molecule has 2 heteroatoms. The van der Waals surface area contributed by atoms with Crippen LogP contribution in [0.2, 0.25) is 0 Å². The Morgan fingerprint density at radius 2 is 1.81 bits per heavy atom. The molecule has 0 radical (unpaired) electrons. The maximum atomic E-state index is 2.38. The SMILES string of the molecule is CCSc1ccc(CCN(C)C(C)C)cc1. The number of benzene rings is 1. The molecule has 1 aromatic rings. The maximum absolute atomic E-state index is 2.38. The predicted molar refractivity (Wildman–Crippen MR) is 74.3 cm³/mol. The van der Waals surface area contributed by atoms with E-state index >= 15 is 0 Å². The Balaban J connectivity index is 2.43. The summed E-state index contributed by atoms with van der Waals surface area (Å²) in [5.41, 5.74) is 1.44. The van der Waals surface area contributed by atoms with E-state index in [9.17, 15) is 0 Å². The minimum Gasteiger partial charge on any atom is -0.304 e. The molecule has 0 N–H and O–H groups in total. The second-order valence-corrected chi connectivity index (χ2v) is 5.74. The van der Waals surface area contributed by atoms with E-state index < -0.39 is 0 Å². The second-order valence-electron chi connectivity index (χ2n) is 4.40. The standard InChI is InChI=1S/C14H23NS/c1-5-16-14-8-6-13(7-9-14)10-11-15(4)12(2)3/h6-9,12H,5,10-11H2,1-4H3. The molecular formula is C14H23NS. The summed E-state index contributed by atoms with van der Waals surface area (Å²) in [5.74, 6) is 1.15. The Morgan fingerprint density at radius 1 is 1.19 bits per heavy atom. The van der Waals surface area contributed by atoms with Gasteiger partial charge >= 0.3 is 0 Å². The third-order valence-electron chi connectivity index (χ3n) is 2.87. The quantitative estimate of drug-likeness (QED) is 0.694. The molecule has 16 heavy (non-hydrogen) atoms. The minimum absolute atomic E-state index is 0.634. The van der Waals surface area contributed by atoms with Gasteiger partial charge in [-0.3, -0.25) is 0 Å². The summed E-state index contributed by atoms with van der Waals surface area (Å²) in [6.45, 7) is 7.80. The smallest absolute Gasteiger partial charge is 0.00720 e. The van der Waals surface area contributed by atoms with E-state index in [1.165, 1.54) is 10.5 Å². The third kappa shape index (κ3) is 4.58. The van der Waals surface area contributed by atoms with Gasteiger partial charge in [0.25, 0.3) is 0 Å². The average molecular weight is 237 g/mol. The van der Waals surface area contributed by atoms with Crippen molar-refractivity contribution in [1.29, 1.82) is 0 Å². The summed E-state index contributed by atoms with van der Waals surface area (Å²) in [7, 11) is 2.19. The molecule has 1 nitrogen and oxygen atoms in total. The van der Waals surface area contributed by atoms with Crippen molar-refractivity contribution < 1.29 is 0 Å². The number of nitrogens with zero attached hydrogens (tertiary/aromatic N) is 1. The summed E-state index contributed by atoms with van der Waals surface area (Å²) in [6, 6.07) is 9.62. The molecule has 0 aromatic heterocycles. The average Bonchev–Trinajstić information content (AvgIpc) is 2.28. The van der Waals surface area contributed by atoms with Crippen molar-refractivity contribution in [3.63, 3.8) is 0 Å². The van der Waals surface area contributed by atoms with Gasteiger partial charge in [0.1, 0.15) is 0 Å². The van der Waals surface area contributed by atoms with Crippen LogP contribution in [0, 0.1) is 0 Å². The van der Waals surface area contributed by atoms with Gasteiger partial charge in [0.2, 0.25) is 0 Å². The van der Waals surface area contributed by atoms with Crippen LogP contribution in [0.3, 0.4) is 0 Å². The van der Waals surface area contributed by atoms with E-state index in [2.05, 4.69) is 57.0 Å². The Hall–Kier alpha value is -0.470. The molecule has 1 rings (SSSR count). The van der Waals surface area contributed by atoms with Gasteiger partial charge in [-0.2, -0.15) is 0 Å². The monoisotopic (exact) mass is 237 g/mol. The first-order valence-electron chi connectivity index (χ1n) is 6.05. The summed E-state index contributed by atoms with van der Waals surface area (Å²) in [4.78, 5) is 3.76. The van der Waals surface area contributed by atoms with E-state index in [4.69, 9.17) is 0 Å². The molecule has 0 aliphatic rings. The van der Waals surface area contributed by atoms with Crippen molar-refractivity contribution >= 4 is 11.8 Å². The van der Waals surface area contributed by atoms with E-state index in [-0.39, 0.29) is 0 Å². The van der Waals surface area contributed by atoms with Crippen LogP contribution in [0.1, 0.15) is 26.3 Å². The van der Waals surface area contributed by atoms with Gasteiger partial charge in [-0.25, -0.2) is 0 Å². The first-order chi connectivity index (χ1) is 7.63. The Morgan fingerprint density at radius 3 is 2.31 bits per heavy atom. The molecule has 0 atom stereocenters. The number of hydrogen-bond donors (Lipinski definition) is 0. The number of likely N-dealkylation sites (N-methyl/N-ethyl adjacent to an activating group) is 1. The van der Waals surface area contributed by atoms with E-state index in [1.54, 1.807) is 0 Å². The predicted octanol–water partition coefficient (Wildman–Crippen LogP) is 3.68. The van der Waals surface area contributed by atoms with E-state index in [0.717, 1.165) is 18.7 Å². The van der Waals surface area contributed by atoms with Gasteiger partial charge in [0, 0.05) is 17.5 Å². The van der Waals surface area contributed by atoms with Gasteiger partial charge in [-0.05, 0) is 50.8 Å². The third-order valence-corrected chi connectivity index (χ3v) is 3.76. The van der Waals surface area contributed by atoms with Crippen LogP contribution in [0.15, 0.2) is 29.2 Å². The fraction of sp³-hybridized carbons (Fsp3) is 0.571. The second kappa shape index (κ2) is 6.97. The van der Waals surface area contributed by atoms with Crippen molar-refractivity contribution in [2.75, 3.05) is 19.3 Å². The number of rotatable bonds is 6. The van der Waals surface area contributed by atoms with Gasteiger partial charge in [0.05, 0.1) is 0 Å². The summed E-state index contributed by atoms with van der Waals surface area (Å²) >= 11 is 1.90. The lowest BCUT2D eigenvalue weighted by atomic mass is 10.1. The van der Waals surface area contributed by atoms with Crippen LogP contribution >= 0.6 is 11.8 Å². The largest absolute Gasteiger partial charge is 0.304 e. The number of hydrogen-bond acceptors (Lipinski definition) is 2. The van der Waals surface area contributed by atoms with Gasteiger partial charge in [-0.15, -0.1) is 11.8 Å². The van der Waals surface area contributed by atoms with Crippen LogP contribution in [0.25, 0.3) is 0 Å². The minimum atomic E-state index is 0.634. The lowest BCUT2D eigenvalue weighted by Crippen LogP contribution is -2.28. The van der Waals surface area contributed by atoms with E-state index in [0.29, 0.717) is 6.04 Å². The molecule has 0 spiro atoms. The molecule has 1 aromatic carbocycles. The molecule has 90 valence electrons. The maximum Gasteiger partial charge on any atom is 0.00720 e. The van der Waals surface area contributed by atoms with Gasteiger partial charge in [-0.1, -0.05) is 19.1 Å². The highest BCUT2D eigenvalue weighted by atomic mass is 32.2. The van der Waals surface area contributed by atoms with Crippen molar-refractivity contribution in [1.82, 2.24) is 4.90 Å². The van der Waals surface area contributed by atoms with Crippen molar-refractivity contribution in [3.8, 4) is 0 Å². The topological polar surface area (TPSA) is 3.24 Å². The molecular weight excluding hydrogens is 214 g/mol.